The fourth-order valence-corrected chi connectivity index (χ4v) is 2.88. The number of thiazole rings is 1. The van der Waals surface area contributed by atoms with Crippen LogP contribution in [0.5, 0.6) is 0 Å². The van der Waals surface area contributed by atoms with E-state index in [9.17, 15) is 9.59 Å². The zero-order chi connectivity index (χ0) is 13.8. The summed E-state index contributed by atoms with van der Waals surface area (Å²) in [5.41, 5.74) is 0.349. The van der Waals surface area contributed by atoms with Gasteiger partial charge in [0.1, 0.15) is 5.69 Å². The maximum atomic E-state index is 12.3. The second-order valence-electron chi connectivity index (χ2n) is 4.76. The quantitative estimate of drug-likeness (QED) is 0.797. The number of rotatable bonds is 3. The molecule has 1 saturated heterocycles. The van der Waals surface area contributed by atoms with Gasteiger partial charge in [-0.25, -0.2) is 9.78 Å². The van der Waals surface area contributed by atoms with Crippen molar-refractivity contribution in [3.63, 3.8) is 0 Å². The van der Waals surface area contributed by atoms with Gasteiger partial charge in [0, 0.05) is 18.5 Å². The molecule has 0 spiro atoms. The Morgan fingerprint density at radius 1 is 1.58 bits per heavy atom. The summed E-state index contributed by atoms with van der Waals surface area (Å²) in [6, 6.07) is 0. The summed E-state index contributed by atoms with van der Waals surface area (Å²) in [6.45, 7) is 5.74. The molecule has 0 N–H and O–H groups in total. The molecule has 1 aromatic rings. The number of hydrogen-bond donors (Lipinski definition) is 0. The van der Waals surface area contributed by atoms with Crippen molar-refractivity contribution in [1.82, 2.24) is 9.88 Å². The van der Waals surface area contributed by atoms with E-state index in [1.807, 2.05) is 4.90 Å². The molecule has 1 fully saturated rings. The van der Waals surface area contributed by atoms with Crippen LogP contribution in [-0.2, 0) is 4.74 Å². The van der Waals surface area contributed by atoms with E-state index in [1.54, 1.807) is 12.3 Å². The number of esters is 1. The maximum Gasteiger partial charge on any atom is 0.367 e. The molecule has 1 atom stereocenters. The molecule has 1 unspecified atom stereocenters. The van der Waals surface area contributed by atoms with Gasteiger partial charge in [0.25, 0.3) is 5.91 Å². The Labute approximate surface area is 116 Å². The van der Waals surface area contributed by atoms with Crippen LogP contribution in [0.3, 0.4) is 0 Å². The fourth-order valence-electron chi connectivity index (χ4n) is 2.19. The van der Waals surface area contributed by atoms with E-state index < -0.39 is 5.97 Å². The van der Waals surface area contributed by atoms with Gasteiger partial charge in [-0.05, 0) is 25.7 Å². The van der Waals surface area contributed by atoms with Gasteiger partial charge in [0.05, 0.1) is 6.61 Å². The lowest BCUT2D eigenvalue weighted by molar-refractivity contribution is 0.0525. The molecule has 1 amide bonds. The first-order chi connectivity index (χ1) is 9.11. The second kappa shape index (κ2) is 6.14. The predicted molar refractivity (Wildman–Crippen MR) is 72.4 cm³/mol. The van der Waals surface area contributed by atoms with Crippen molar-refractivity contribution in [2.24, 2.45) is 5.92 Å². The number of carbonyl (C=O) groups is 2. The molecule has 0 radical (unpaired) electrons. The largest absolute Gasteiger partial charge is 0.461 e. The molecule has 1 aromatic heterocycles. The maximum absolute atomic E-state index is 12.3. The topological polar surface area (TPSA) is 59.5 Å². The molecule has 6 heteroatoms. The van der Waals surface area contributed by atoms with Crippen LogP contribution in [-0.4, -0.2) is 41.5 Å². The molecule has 19 heavy (non-hydrogen) atoms. The van der Waals surface area contributed by atoms with Crippen molar-refractivity contribution >= 4 is 23.2 Å². The number of aromatic nitrogens is 1. The van der Waals surface area contributed by atoms with Gasteiger partial charge in [-0.3, -0.25) is 4.79 Å². The van der Waals surface area contributed by atoms with Gasteiger partial charge in [0.2, 0.25) is 5.01 Å². The van der Waals surface area contributed by atoms with Gasteiger partial charge in [-0.1, -0.05) is 6.92 Å². The number of ether oxygens (including phenoxy) is 1. The Hall–Kier alpha value is -1.43. The standard InChI is InChI=1S/C13H18N2O3S/c1-3-18-13(17)11-14-10(8-19-11)12(16)15-6-4-5-9(2)7-15/h8-9H,3-7H2,1-2H3. The Morgan fingerprint density at radius 3 is 3.05 bits per heavy atom. The summed E-state index contributed by atoms with van der Waals surface area (Å²) < 4.78 is 4.87. The summed E-state index contributed by atoms with van der Waals surface area (Å²) in [6.07, 6.45) is 2.19. The van der Waals surface area contributed by atoms with E-state index in [2.05, 4.69) is 11.9 Å². The van der Waals surface area contributed by atoms with Crippen LogP contribution in [0, 0.1) is 5.92 Å². The molecule has 104 valence electrons. The lowest BCUT2D eigenvalue weighted by Crippen LogP contribution is -2.39. The van der Waals surface area contributed by atoms with Crippen LogP contribution in [0.4, 0.5) is 0 Å². The molecule has 1 aliphatic rings. The van der Waals surface area contributed by atoms with E-state index in [0.717, 1.165) is 37.3 Å². The van der Waals surface area contributed by atoms with Gasteiger partial charge in [-0.15, -0.1) is 11.3 Å². The van der Waals surface area contributed by atoms with Gasteiger partial charge >= 0.3 is 5.97 Å². The summed E-state index contributed by atoms with van der Waals surface area (Å²) in [7, 11) is 0. The molecular weight excluding hydrogens is 264 g/mol. The minimum absolute atomic E-state index is 0.0849. The Bertz CT molecular complexity index is 472. The second-order valence-corrected chi connectivity index (χ2v) is 5.62. The molecule has 2 rings (SSSR count). The smallest absolute Gasteiger partial charge is 0.367 e. The lowest BCUT2D eigenvalue weighted by atomic mass is 10.0. The number of piperidine rings is 1. The van der Waals surface area contributed by atoms with Crippen molar-refractivity contribution in [3.05, 3.63) is 16.1 Å². The molecule has 0 bridgehead atoms. The molecule has 0 aromatic carbocycles. The van der Waals surface area contributed by atoms with Crippen molar-refractivity contribution in [1.29, 1.82) is 0 Å². The molecule has 0 saturated carbocycles. The first-order valence-corrected chi connectivity index (χ1v) is 7.41. The fraction of sp³-hybridized carbons (Fsp3) is 0.615. The third-order valence-electron chi connectivity index (χ3n) is 3.12. The summed E-state index contributed by atoms with van der Waals surface area (Å²) in [4.78, 5) is 29.7. The first kappa shape index (κ1) is 14.0. The highest BCUT2D eigenvalue weighted by molar-refractivity contribution is 7.11. The summed E-state index contributed by atoms with van der Waals surface area (Å²) in [5, 5.41) is 1.88. The lowest BCUT2D eigenvalue weighted by Gasteiger charge is -2.30. The SMILES string of the molecule is CCOC(=O)c1nc(C(=O)N2CCCC(C)C2)cs1. The average Bonchev–Trinajstić information content (AvgIpc) is 2.88. The Balaban J connectivity index is 2.05. The number of carbonyl (C=O) groups excluding carboxylic acids is 2. The zero-order valence-corrected chi connectivity index (χ0v) is 12.0. The summed E-state index contributed by atoms with van der Waals surface area (Å²) in [5.74, 6) is -0.0160. The van der Waals surface area contributed by atoms with E-state index in [0.29, 0.717) is 18.2 Å². The van der Waals surface area contributed by atoms with Crippen LogP contribution in [0.1, 0.15) is 47.0 Å². The highest BCUT2D eigenvalue weighted by Crippen LogP contribution is 2.19. The average molecular weight is 282 g/mol. The van der Waals surface area contributed by atoms with Crippen LogP contribution < -0.4 is 0 Å². The Morgan fingerprint density at radius 2 is 2.37 bits per heavy atom. The number of likely N-dealkylation sites (tertiary alicyclic amines) is 1. The van der Waals surface area contributed by atoms with Gasteiger partial charge < -0.3 is 9.64 Å². The highest BCUT2D eigenvalue weighted by Gasteiger charge is 2.24. The molecule has 0 aliphatic carbocycles. The van der Waals surface area contributed by atoms with Crippen molar-refractivity contribution in [3.8, 4) is 0 Å². The van der Waals surface area contributed by atoms with Crippen LogP contribution >= 0.6 is 11.3 Å². The van der Waals surface area contributed by atoms with E-state index in [4.69, 9.17) is 4.74 Å². The van der Waals surface area contributed by atoms with E-state index >= 15 is 0 Å². The highest BCUT2D eigenvalue weighted by atomic mass is 32.1. The molecule has 5 nitrogen and oxygen atoms in total. The van der Waals surface area contributed by atoms with Crippen LogP contribution in [0.15, 0.2) is 5.38 Å². The van der Waals surface area contributed by atoms with Crippen LogP contribution in [0.25, 0.3) is 0 Å². The normalized spacial score (nSPS) is 19.3. The number of hydrogen-bond acceptors (Lipinski definition) is 5. The summed E-state index contributed by atoms with van der Waals surface area (Å²) >= 11 is 1.16. The van der Waals surface area contributed by atoms with Crippen molar-refractivity contribution in [2.45, 2.75) is 26.7 Å². The van der Waals surface area contributed by atoms with Crippen LogP contribution in [0.2, 0.25) is 0 Å². The van der Waals surface area contributed by atoms with Gasteiger partial charge in [-0.2, -0.15) is 0 Å². The van der Waals surface area contributed by atoms with E-state index in [1.165, 1.54) is 0 Å². The van der Waals surface area contributed by atoms with Gasteiger partial charge in [0.15, 0.2) is 0 Å². The molecule has 1 aliphatic heterocycles. The Kier molecular flexibility index (Phi) is 4.52. The minimum Gasteiger partial charge on any atom is -0.461 e. The minimum atomic E-state index is -0.460. The third kappa shape index (κ3) is 3.32. The first-order valence-electron chi connectivity index (χ1n) is 6.53. The predicted octanol–water partition coefficient (Wildman–Crippen LogP) is 2.19. The van der Waals surface area contributed by atoms with Crippen molar-refractivity contribution < 1.29 is 14.3 Å². The molecule has 2 heterocycles. The monoisotopic (exact) mass is 282 g/mol. The third-order valence-corrected chi connectivity index (χ3v) is 3.94. The van der Waals surface area contributed by atoms with Crippen molar-refractivity contribution in [2.75, 3.05) is 19.7 Å². The molecular formula is C13H18N2O3S. The van der Waals surface area contributed by atoms with E-state index in [-0.39, 0.29) is 10.9 Å². The number of nitrogens with zero attached hydrogens (tertiary/aromatic N) is 2. The number of amides is 1. The zero-order valence-electron chi connectivity index (χ0n) is 11.2.